The smallest absolute Gasteiger partial charge is 0.220 e. The molecule has 1 amide bonds. The van der Waals surface area contributed by atoms with Gasteiger partial charge in [0.15, 0.2) is 0 Å². The molecule has 4 nitrogen and oxygen atoms in total. The first-order chi connectivity index (χ1) is 15.5. The summed E-state index contributed by atoms with van der Waals surface area (Å²) in [5, 5.41) is 3.11. The van der Waals surface area contributed by atoms with Crippen LogP contribution in [-0.2, 0) is 14.4 Å². The van der Waals surface area contributed by atoms with Gasteiger partial charge in [0.25, 0.3) is 0 Å². The minimum Gasteiger partial charge on any atom is -0.356 e. The van der Waals surface area contributed by atoms with Gasteiger partial charge in [0.1, 0.15) is 11.6 Å². The van der Waals surface area contributed by atoms with Gasteiger partial charge >= 0.3 is 0 Å². The Balaban J connectivity index is 1.78. The van der Waals surface area contributed by atoms with Crippen LogP contribution in [0.3, 0.4) is 0 Å². The van der Waals surface area contributed by atoms with Gasteiger partial charge in [-0.25, -0.2) is 0 Å². The molecule has 4 heteroatoms. The molecular formula is C28H51NO3. The van der Waals surface area contributed by atoms with Gasteiger partial charge in [-0.2, -0.15) is 0 Å². The third-order valence-electron chi connectivity index (χ3n) is 7.19. The van der Waals surface area contributed by atoms with Crippen LogP contribution in [0.1, 0.15) is 142 Å². The fraction of sp³-hybridized carbons (Fsp3) is 0.893. The first-order valence-corrected chi connectivity index (χ1v) is 13.8. The molecule has 1 aliphatic carbocycles. The van der Waals surface area contributed by atoms with Gasteiger partial charge in [-0.05, 0) is 58.3 Å². The lowest BCUT2D eigenvalue weighted by Crippen LogP contribution is -2.32. The molecule has 186 valence electrons. The number of Topliss-reactive ketones (excluding diaryl/α,β-unsaturated/α-hetero) is 2. The molecule has 0 heterocycles. The van der Waals surface area contributed by atoms with Gasteiger partial charge in [-0.1, -0.05) is 77.0 Å². The Labute approximate surface area is 198 Å². The Morgan fingerprint density at radius 3 is 1.41 bits per heavy atom. The molecule has 0 aromatic rings. The number of nitrogens with one attached hydrogen (secondary N) is 1. The summed E-state index contributed by atoms with van der Waals surface area (Å²) in [6.07, 6.45) is 23.3. The molecule has 0 bridgehead atoms. The van der Waals surface area contributed by atoms with E-state index in [9.17, 15) is 14.4 Å². The van der Waals surface area contributed by atoms with E-state index in [1.54, 1.807) is 13.8 Å². The lowest BCUT2D eigenvalue weighted by Gasteiger charge is -2.27. The summed E-state index contributed by atoms with van der Waals surface area (Å²) >= 11 is 0. The van der Waals surface area contributed by atoms with Crippen LogP contribution >= 0.6 is 0 Å². The van der Waals surface area contributed by atoms with Crippen molar-refractivity contribution in [3.05, 3.63) is 0 Å². The highest BCUT2D eigenvalue weighted by molar-refractivity contribution is 5.78. The summed E-state index contributed by atoms with van der Waals surface area (Å²) in [6, 6.07) is 0. The quantitative estimate of drug-likeness (QED) is 0.198. The largest absolute Gasteiger partial charge is 0.356 e. The zero-order valence-electron chi connectivity index (χ0n) is 21.2. The number of carbonyl (C=O) groups is 3. The highest BCUT2D eigenvalue weighted by atomic mass is 16.1. The van der Waals surface area contributed by atoms with E-state index in [-0.39, 0.29) is 11.8 Å². The molecule has 0 radical (unpaired) electrons. The minimum atomic E-state index is 0.206. The maximum atomic E-state index is 12.0. The van der Waals surface area contributed by atoms with Crippen molar-refractivity contribution < 1.29 is 14.4 Å². The van der Waals surface area contributed by atoms with Gasteiger partial charge in [-0.3, -0.25) is 9.59 Å². The van der Waals surface area contributed by atoms with Gasteiger partial charge in [0, 0.05) is 25.3 Å². The van der Waals surface area contributed by atoms with E-state index in [2.05, 4.69) is 5.32 Å². The first-order valence-electron chi connectivity index (χ1n) is 13.8. The molecule has 0 spiro atoms. The van der Waals surface area contributed by atoms with E-state index in [0.29, 0.717) is 23.9 Å². The Bertz CT molecular complexity index is 509. The number of rotatable bonds is 20. The van der Waals surface area contributed by atoms with Crippen molar-refractivity contribution in [1.82, 2.24) is 5.32 Å². The Morgan fingerprint density at radius 1 is 0.594 bits per heavy atom. The van der Waals surface area contributed by atoms with Crippen molar-refractivity contribution in [2.45, 2.75) is 142 Å². The van der Waals surface area contributed by atoms with Crippen LogP contribution in [0.2, 0.25) is 0 Å². The van der Waals surface area contributed by atoms with Crippen LogP contribution in [0.15, 0.2) is 0 Å². The van der Waals surface area contributed by atoms with Crippen molar-refractivity contribution >= 4 is 17.5 Å². The Hall–Kier alpha value is -1.19. The van der Waals surface area contributed by atoms with Crippen molar-refractivity contribution in [2.75, 3.05) is 6.54 Å². The van der Waals surface area contributed by atoms with E-state index in [1.165, 1.54) is 77.0 Å². The summed E-state index contributed by atoms with van der Waals surface area (Å²) < 4.78 is 0. The summed E-state index contributed by atoms with van der Waals surface area (Å²) in [5.74, 6) is 1.69. The Morgan fingerprint density at radius 2 is 1.00 bits per heavy atom. The second-order valence-electron chi connectivity index (χ2n) is 10.3. The standard InChI is InChI=1S/C28H51NO3/c1-24(30)17-15-13-11-9-7-5-3-4-6-8-10-12-14-16-18-28(32)29-23-26-19-21-27(22-20-26)25(2)31/h26-27H,3-23H2,1-2H3,(H,29,32). The van der Waals surface area contributed by atoms with Crippen LogP contribution in [0.4, 0.5) is 0 Å². The summed E-state index contributed by atoms with van der Waals surface area (Å²) in [4.78, 5) is 34.3. The molecule has 0 atom stereocenters. The van der Waals surface area contributed by atoms with E-state index in [1.807, 2.05) is 0 Å². The van der Waals surface area contributed by atoms with Crippen LogP contribution < -0.4 is 5.32 Å². The molecule has 1 aliphatic rings. The highest BCUT2D eigenvalue weighted by Crippen LogP contribution is 2.28. The number of unbranched alkanes of at least 4 members (excludes halogenated alkanes) is 13. The van der Waals surface area contributed by atoms with Crippen LogP contribution in [0, 0.1) is 11.8 Å². The second-order valence-corrected chi connectivity index (χ2v) is 10.3. The zero-order valence-corrected chi connectivity index (χ0v) is 21.2. The summed E-state index contributed by atoms with van der Waals surface area (Å²) in [5.41, 5.74) is 0. The average molecular weight is 450 g/mol. The molecule has 1 rings (SSSR count). The third kappa shape index (κ3) is 16.4. The molecule has 0 unspecified atom stereocenters. The molecular weight excluding hydrogens is 398 g/mol. The second kappa shape index (κ2) is 19.3. The van der Waals surface area contributed by atoms with Gasteiger partial charge in [0.05, 0.1) is 0 Å². The molecule has 1 saturated carbocycles. The maximum Gasteiger partial charge on any atom is 0.220 e. The topological polar surface area (TPSA) is 63.2 Å². The van der Waals surface area contributed by atoms with Crippen LogP contribution in [0.25, 0.3) is 0 Å². The molecule has 1 N–H and O–H groups in total. The van der Waals surface area contributed by atoms with Crippen molar-refractivity contribution in [1.29, 1.82) is 0 Å². The lowest BCUT2D eigenvalue weighted by molar-refractivity contribution is -0.123. The van der Waals surface area contributed by atoms with Crippen molar-refractivity contribution in [3.63, 3.8) is 0 Å². The first kappa shape index (κ1) is 28.8. The molecule has 0 aliphatic heterocycles. The molecule has 0 aromatic heterocycles. The fourth-order valence-corrected chi connectivity index (χ4v) is 4.90. The van der Waals surface area contributed by atoms with E-state index in [4.69, 9.17) is 0 Å². The third-order valence-corrected chi connectivity index (χ3v) is 7.19. The molecule has 0 saturated heterocycles. The molecule has 32 heavy (non-hydrogen) atoms. The number of carbonyl (C=O) groups excluding carboxylic acids is 3. The fourth-order valence-electron chi connectivity index (χ4n) is 4.90. The number of hydrogen-bond donors (Lipinski definition) is 1. The zero-order chi connectivity index (χ0) is 23.4. The van der Waals surface area contributed by atoms with Crippen LogP contribution in [0.5, 0.6) is 0 Å². The van der Waals surface area contributed by atoms with E-state index >= 15 is 0 Å². The minimum absolute atomic E-state index is 0.206. The highest BCUT2D eigenvalue weighted by Gasteiger charge is 2.23. The van der Waals surface area contributed by atoms with Crippen molar-refractivity contribution in [2.24, 2.45) is 11.8 Å². The number of amides is 1. The average Bonchev–Trinajstić information content (AvgIpc) is 2.77. The van der Waals surface area contributed by atoms with E-state index < -0.39 is 0 Å². The number of ketones is 2. The maximum absolute atomic E-state index is 12.0. The number of hydrogen-bond acceptors (Lipinski definition) is 3. The normalized spacial score (nSPS) is 18.4. The predicted molar refractivity (Wildman–Crippen MR) is 134 cm³/mol. The lowest BCUT2D eigenvalue weighted by atomic mass is 9.80. The summed E-state index contributed by atoms with van der Waals surface area (Å²) in [6.45, 7) is 4.19. The van der Waals surface area contributed by atoms with E-state index in [0.717, 1.165) is 51.5 Å². The van der Waals surface area contributed by atoms with Crippen molar-refractivity contribution in [3.8, 4) is 0 Å². The predicted octanol–water partition coefficient (Wildman–Crippen LogP) is 7.33. The van der Waals surface area contributed by atoms with Gasteiger partial charge < -0.3 is 10.1 Å². The van der Waals surface area contributed by atoms with Gasteiger partial charge in [-0.15, -0.1) is 0 Å². The van der Waals surface area contributed by atoms with Crippen LogP contribution in [-0.4, -0.2) is 24.0 Å². The SMILES string of the molecule is CC(=O)CCCCCCCCCCCCCCCCC(=O)NCC1CCC(C(C)=O)CC1. The monoisotopic (exact) mass is 449 g/mol. The molecule has 0 aromatic carbocycles. The molecule has 1 fully saturated rings. The Kier molecular flexibility index (Phi) is 17.4. The van der Waals surface area contributed by atoms with Gasteiger partial charge in [0.2, 0.25) is 5.91 Å². The summed E-state index contributed by atoms with van der Waals surface area (Å²) in [7, 11) is 0.